The number of rotatable bonds is 4. The quantitative estimate of drug-likeness (QED) is 0.925. The molecule has 1 fully saturated rings. The molecule has 0 amide bonds. The topological polar surface area (TPSA) is 50.7 Å². The third-order valence-electron chi connectivity index (χ3n) is 4.08. The van der Waals surface area contributed by atoms with Crippen LogP contribution in [0.5, 0.6) is 0 Å². The van der Waals surface area contributed by atoms with Crippen molar-refractivity contribution >= 4 is 0 Å². The summed E-state index contributed by atoms with van der Waals surface area (Å²) < 4.78 is 0. The molecule has 0 radical (unpaired) electrons. The predicted octanol–water partition coefficient (Wildman–Crippen LogP) is 2.49. The van der Waals surface area contributed by atoms with Gasteiger partial charge in [-0.2, -0.15) is 0 Å². The summed E-state index contributed by atoms with van der Waals surface area (Å²) in [5, 5.41) is 3.29. The SMILES string of the molecule is CNCC1(c2nc(C)cc(-c3ccccn3)n2)CCC1. The van der Waals surface area contributed by atoms with Crippen molar-refractivity contribution in [3.63, 3.8) is 0 Å². The molecule has 2 aromatic heterocycles. The monoisotopic (exact) mass is 268 g/mol. The van der Waals surface area contributed by atoms with Gasteiger partial charge in [0.25, 0.3) is 0 Å². The normalized spacial score (nSPS) is 16.7. The van der Waals surface area contributed by atoms with Crippen LogP contribution in [-0.4, -0.2) is 28.5 Å². The molecular formula is C16H20N4. The Morgan fingerprint density at radius 3 is 2.65 bits per heavy atom. The third kappa shape index (κ3) is 2.31. The van der Waals surface area contributed by atoms with E-state index in [0.29, 0.717) is 0 Å². The van der Waals surface area contributed by atoms with E-state index in [4.69, 9.17) is 9.97 Å². The Bertz CT molecular complexity index is 591. The Balaban J connectivity index is 2.03. The molecule has 0 bridgehead atoms. The molecule has 0 saturated heterocycles. The van der Waals surface area contributed by atoms with Gasteiger partial charge >= 0.3 is 0 Å². The van der Waals surface area contributed by atoms with Gasteiger partial charge in [0.15, 0.2) is 0 Å². The lowest BCUT2D eigenvalue weighted by molar-refractivity contribution is 0.224. The fraction of sp³-hybridized carbons (Fsp3) is 0.438. The largest absolute Gasteiger partial charge is 0.319 e. The number of nitrogens with zero attached hydrogens (tertiary/aromatic N) is 3. The highest BCUT2D eigenvalue weighted by molar-refractivity contribution is 5.54. The van der Waals surface area contributed by atoms with Crippen molar-refractivity contribution in [2.24, 2.45) is 0 Å². The van der Waals surface area contributed by atoms with E-state index in [2.05, 4.69) is 10.3 Å². The zero-order chi connectivity index (χ0) is 14.0. The van der Waals surface area contributed by atoms with E-state index in [0.717, 1.165) is 29.5 Å². The van der Waals surface area contributed by atoms with Gasteiger partial charge < -0.3 is 5.32 Å². The van der Waals surface area contributed by atoms with Gasteiger partial charge in [-0.15, -0.1) is 0 Å². The fourth-order valence-corrected chi connectivity index (χ4v) is 2.87. The first-order valence-corrected chi connectivity index (χ1v) is 7.16. The summed E-state index contributed by atoms with van der Waals surface area (Å²) >= 11 is 0. The van der Waals surface area contributed by atoms with Crippen molar-refractivity contribution in [2.45, 2.75) is 31.6 Å². The van der Waals surface area contributed by atoms with Crippen molar-refractivity contribution in [2.75, 3.05) is 13.6 Å². The molecule has 3 rings (SSSR count). The molecule has 20 heavy (non-hydrogen) atoms. The molecule has 1 saturated carbocycles. The number of aryl methyl sites for hydroxylation is 1. The van der Waals surface area contributed by atoms with Gasteiger partial charge in [-0.05, 0) is 45.0 Å². The minimum atomic E-state index is 0.115. The second kappa shape index (κ2) is 5.29. The van der Waals surface area contributed by atoms with Crippen LogP contribution in [0.4, 0.5) is 0 Å². The average molecular weight is 268 g/mol. The first kappa shape index (κ1) is 13.2. The van der Waals surface area contributed by atoms with E-state index >= 15 is 0 Å². The number of likely N-dealkylation sites (N-methyl/N-ethyl adjacent to an activating group) is 1. The molecule has 0 aliphatic heterocycles. The maximum absolute atomic E-state index is 4.80. The Kier molecular flexibility index (Phi) is 3.49. The highest BCUT2D eigenvalue weighted by atomic mass is 15.0. The van der Waals surface area contributed by atoms with Gasteiger partial charge in [0.05, 0.1) is 11.4 Å². The predicted molar refractivity (Wildman–Crippen MR) is 79.5 cm³/mol. The van der Waals surface area contributed by atoms with Gasteiger partial charge in [-0.1, -0.05) is 12.5 Å². The van der Waals surface area contributed by atoms with Gasteiger partial charge in [-0.3, -0.25) is 4.98 Å². The molecule has 0 aromatic carbocycles. The maximum Gasteiger partial charge on any atom is 0.136 e. The van der Waals surface area contributed by atoms with Crippen molar-refractivity contribution in [3.8, 4) is 11.4 Å². The third-order valence-corrected chi connectivity index (χ3v) is 4.08. The Hall–Kier alpha value is -1.81. The van der Waals surface area contributed by atoms with Crippen LogP contribution in [0.1, 0.15) is 30.8 Å². The maximum atomic E-state index is 4.80. The van der Waals surface area contributed by atoms with E-state index < -0.39 is 0 Å². The van der Waals surface area contributed by atoms with Crippen LogP contribution < -0.4 is 5.32 Å². The standard InChI is InChI=1S/C16H20N4/c1-12-10-14(13-6-3-4-9-18-13)20-15(19-12)16(11-17-2)7-5-8-16/h3-4,6,9-10,17H,5,7-8,11H2,1-2H3. The van der Waals surface area contributed by atoms with E-state index in [1.54, 1.807) is 6.20 Å². The first-order chi connectivity index (χ1) is 9.73. The molecule has 2 heterocycles. The lowest BCUT2D eigenvalue weighted by atomic mass is 9.68. The van der Waals surface area contributed by atoms with Crippen molar-refractivity contribution in [3.05, 3.63) is 42.0 Å². The van der Waals surface area contributed by atoms with Crippen molar-refractivity contribution in [1.82, 2.24) is 20.3 Å². The van der Waals surface area contributed by atoms with Crippen LogP contribution in [0.3, 0.4) is 0 Å². The molecule has 0 unspecified atom stereocenters. The van der Waals surface area contributed by atoms with E-state index in [1.807, 2.05) is 38.2 Å². The molecule has 1 N–H and O–H groups in total. The molecule has 1 aliphatic rings. The fourth-order valence-electron chi connectivity index (χ4n) is 2.87. The molecule has 1 aliphatic carbocycles. The van der Waals surface area contributed by atoms with E-state index in [-0.39, 0.29) is 5.41 Å². The minimum absolute atomic E-state index is 0.115. The van der Waals surface area contributed by atoms with Crippen LogP contribution >= 0.6 is 0 Å². The molecule has 4 nitrogen and oxygen atoms in total. The second-order valence-corrected chi connectivity index (χ2v) is 5.60. The summed E-state index contributed by atoms with van der Waals surface area (Å²) in [5.41, 5.74) is 2.97. The van der Waals surface area contributed by atoms with Crippen LogP contribution in [0.15, 0.2) is 30.5 Å². The van der Waals surface area contributed by atoms with Crippen LogP contribution in [0.25, 0.3) is 11.4 Å². The summed E-state index contributed by atoms with van der Waals surface area (Å²) in [6, 6.07) is 7.92. The number of pyridine rings is 1. The highest BCUT2D eigenvalue weighted by Crippen LogP contribution is 2.42. The van der Waals surface area contributed by atoms with Gasteiger partial charge in [0.1, 0.15) is 5.82 Å². The van der Waals surface area contributed by atoms with Crippen LogP contribution in [0.2, 0.25) is 0 Å². The number of hydrogen-bond donors (Lipinski definition) is 1. The van der Waals surface area contributed by atoms with E-state index in [9.17, 15) is 0 Å². The zero-order valence-electron chi connectivity index (χ0n) is 12.1. The molecular weight excluding hydrogens is 248 g/mol. The Labute approximate surface area is 119 Å². The Morgan fingerprint density at radius 1 is 1.20 bits per heavy atom. The molecule has 0 atom stereocenters. The minimum Gasteiger partial charge on any atom is -0.319 e. The zero-order valence-corrected chi connectivity index (χ0v) is 12.1. The lowest BCUT2D eigenvalue weighted by Crippen LogP contribution is -2.44. The molecule has 2 aromatic rings. The van der Waals surface area contributed by atoms with Crippen LogP contribution in [0, 0.1) is 6.92 Å². The molecule has 0 spiro atoms. The average Bonchev–Trinajstić information content (AvgIpc) is 2.43. The van der Waals surface area contributed by atoms with Gasteiger partial charge in [0, 0.05) is 23.9 Å². The summed E-state index contributed by atoms with van der Waals surface area (Å²) in [5.74, 6) is 0.971. The van der Waals surface area contributed by atoms with E-state index in [1.165, 1.54) is 19.3 Å². The number of hydrogen-bond acceptors (Lipinski definition) is 4. The smallest absolute Gasteiger partial charge is 0.136 e. The van der Waals surface area contributed by atoms with Crippen molar-refractivity contribution < 1.29 is 0 Å². The van der Waals surface area contributed by atoms with Gasteiger partial charge in [-0.25, -0.2) is 9.97 Å². The summed E-state index contributed by atoms with van der Waals surface area (Å²) in [4.78, 5) is 13.9. The summed E-state index contributed by atoms with van der Waals surface area (Å²) in [7, 11) is 2.00. The number of nitrogens with one attached hydrogen (secondary N) is 1. The second-order valence-electron chi connectivity index (χ2n) is 5.60. The summed E-state index contributed by atoms with van der Waals surface area (Å²) in [6.07, 6.45) is 5.40. The molecule has 4 heteroatoms. The number of aromatic nitrogens is 3. The summed E-state index contributed by atoms with van der Waals surface area (Å²) in [6.45, 7) is 2.97. The van der Waals surface area contributed by atoms with Crippen LogP contribution in [-0.2, 0) is 5.41 Å². The highest BCUT2D eigenvalue weighted by Gasteiger charge is 2.41. The Morgan fingerprint density at radius 2 is 2.05 bits per heavy atom. The first-order valence-electron chi connectivity index (χ1n) is 7.16. The van der Waals surface area contributed by atoms with Gasteiger partial charge in [0.2, 0.25) is 0 Å². The van der Waals surface area contributed by atoms with Crippen molar-refractivity contribution in [1.29, 1.82) is 0 Å². The lowest BCUT2D eigenvalue weighted by Gasteiger charge is -2.40. The molecule has 104 valence electrons.